The molecule has 2 aromatic rings. The van der Waals surface area contributed by atoms with Crippen molar-refractivity contribution >= 4 is 22.5 Å². The van der Waals surface area contributed by atoms with Gasteiger partial charge < -0.3 is 19.7 Å². The largest absolute Gasteiger partial charge is 0.370 e. The summed E-state index contributed by atoms with van der Waals surface area (Å²) in [5.41, 5.74) is 4.97. The summed E-state index contributed by atoms with van der Waals surface area (Å²) in [4.78, 5) is 17.4. The van der Waals surface area contributed by atoms with Crippen molar-refractivity contribution in [2.45, 2.75) is 18.8 Å². The van der Waals surface area contributed by atoms with Crippen LogP contribution in [0.1, 0.15) is 34.8 Å². The van der Waals surface area contributed by atoms with E-state index < -0.39 is 0 Å². The number of benzene rings is 1. The van der Waals surface area contributed by atoms with Gasteiger partial charge in [0.15, 0.2) is 0 Å². The first kappa shape index (κ1) is 14.3. The third kappa shape index (κ3) is 1.94. The Labute approximate surface area is 142 Å². The molecule has 5 heterocycles. The predicted octanol–water partition coefficient (Wildman–Crippen LogP) is 1.92. The van der Waals surface area contributed by atoms with E-state index >= 15 is 0 Å². The lowest BCUT2D eigenvalue weighted by molar-refractivity contribution is 0.0736. The number of piperidine rings is 1. The Hall–Kier alpha value is -2.01. The molecule has 0 saturated carbocycles. The van der Waals surface area contributed by atoms with Gasteiger partial charge in [-0.3, -0.25) is 4.79 Å². The second-order valence-electron chi connectivity index (χ2n) is 7.33. The van der Waals surface area contributed by atoms with Crippen LogP contribution in [0.4, 0.5) is 5.69 Å². The molecule has 4 aliphatic rings. The van der Waals surface area contributed by atoms with Gasteiger partial charge in [-0.1, -0.05) is 0 Å². The Balaban J connectivity index is 1.61. The van der Waals surface area contributed by atoms with E-state index in [1.807, 2.05) is 11.0 Å². The Kier molecular flexibility index (Phi) is 3.13. The second-order valence-corrected chi connectivity index (χ2v) is 7.33. The number of rotatable bonds is 1. The minimum absolute atomic E-state index is 0.173. The molecule has 1 N–H and O–H groups in total. The average molecular weight is 324 g/mol. The normalized spacial score (nSPS) is 20.7. The fraction of sp³-hybridized carbons (Fsp3) is 0.526. The summed E-state index contributed by atoms with van der Waals surface area (Å²) in [7, 11) is 2.18. The number of anilines is 1. The van der Waals surface area contributed by atoms with E-state index in [1.165, 1.54) is 35.1 Å². The summed E-state index contributed by atoms with van der Waals surface area (Å²) in [5, 5.41) is 4.57. The van der Waals surface area contributed by atoms with Crippen molar-refractivity contribution in [2.75, 3.05) is 44.2 Å². The maximum absolute atomic E-state index is 12.9. The fourth-order valence-electron chi connectivity index (χ4n) is 4.80. The van der Waals surface area contributed by atoms with Gasteiger partial charge in [0, 0.05) is 68.9 Å². The van der Waals surface area contributed by atoms with Crippen LogP contribution in [0.15, 0.2) is 18.2 Å². The van der Waals surface area contributed by atoms with Crippen molar-refractivity contribution in [1.82, 2.24) is 14.8 Å². The molecule has 1 amide bonds. The molecular weight excluding hydrogens is 300 g/mol. The van der Waals surface area contributed by atoms with Crippen molar-refractivity contribution in [3.05, 3.63) is 29.5 Å². The van der Waals surface area contributed by atoms with Crippen LogP contribution < -0.4 is 10.2 Å². The first-order valence-corrected chi connectivity index (χ1v) is 9.11. The highest BCUT2D eigenvalue weighted by Crippen LogP contribution is 2.47. The highest BCUT2D eigenvalue weighted by Gasteiger charge is 2.35. The Bertz CT molecular complexity index is 810. The van der Waals surface area contributed by atoms with Crippen LogP contribution in [0.5, 0.6) is 0 Å². The zero-order valence-electron chi connectivity index (χ0n) is 14.2. The predicted molar refractivity (Wildman–Crippen MR) is 95.9 cm³/mol. The Morgan fingerprint density at radius 3 is 2.62 bits per heavy atom. The van der Waals surface area contributed by atoms with Gasteiger partial charge in [-0.25, -0.2) is 0 Å². The number of piperazine rings is 1. The van der Waals surface area contributed by atoms with Crippen LogP contribution in [0.2, 0.25) is 0 Å². The van der Waals surface area contributed by atoms with Crippen molar-refractivity contribution in [1.29, 1.82) is 0 Å². The number of carbonyl (C=O) groups excluding carboxylic acids is 1. The minimum Gasteiger partial charge on any atom is -0.370 e. The fourth-order valence-corrected chi connectivity index (χ4v) is 4.80. The number of aryl methyl sites for hydroxylation is 1. The molecule has 2 fully saturated rings. The molecule has 4 aliphatic heterocycles. The maximum atomic E-state index is 12.9. The van der Waals surface area contributed by atoms with Crippen molar-refractivity contribution in [3.63, 3.8) is 0 Å². The highest BCUT2D eigenvalue weighted by molar-refractivity contribution is 6.03. The van der Waals surface area contributed by atoms with Crippen LogP contribution in [0.3, 0.4) is 0 Å². The summed E-state index contributed by atoms with van der Waals surface area (Å²) in [5.74, 6) is 0.863. The standard InChI is InChI=1S/C19H24N4O/c1-21-16-3-2-14(19(24)23-10-6-20-7-11-23)12-15(16)18-17(21)13-4-8-22(18)9-5-13/h2-3,12-13,20H,4-11H2,1H3. The summed E-state index contributed by atoms with van der Waals surface area (Å²) in [6.45, 7) is 5.71. The third-order valence-corrected chi connectivity index (χ3v) is 6.07. The van der Waals surface area contributed by atoms with Gasteiger partial charge in [-0.2, -0.15) is 0 Å². The molecule has 24 heavy (non-hydrogen) atoms. The van der Waals surface area contributed by atoms with Crippen LogP contribution in [0.25, 0.3) is 10.9 Å². The van der Waals surface area contributed by atoms with E-state index in [2.05, 4.69) is 34.0 Å². The average Bonchev–Trinajstić information content (AvgIpc) is 2.97. The minimum atomic E-state index is 0.173. The monoisotopic (exact) mass is 324 g/mol. The number of nitrogens with zero attached hydrogens (tertiary/aromatic N) is 3. The van der Waals surface area contributed by atoms with E-state index in [-0.39, 0.29) is 5.91 Å². The quantitative estimate of drug-likeness (QED) is 0.871. The van der Waals surface area contributed by atoms with Crippen LogP contribution >= 0.6 is 0 Å². The summed E-state index contributed by atoms with van der Waals surface area (Å²) >= 11 is 0. The topological polar surface area (TPSA) is 40.5 Å². The number of aromatic nitrogens is 1. The Morgan fingerprint density at radius 1 is 1.12 bits per heavy atom. The zero-order valence-corrected chi connectivity index (χ0v) is 14.2. The van der Waals surface area contributed by atoms with Crippen molar-refractivity contribution in [3.8, 4) is 0 Å². The Morgan fingerprint density at radius 2 is 1.88 bits per heavy atom. The molecule has 126 valence electrons. The molecule has 5 heteroatoms. The van der Waals surface area contributed by atoms with E-state index in [0.717, 1.165) is 44.8 Å². The van der Waals surface area contributed by atoms with Gasteiger partial charge in [0.1, 0.15) is 0 Å². The van der Waals surface area contributed by atoms with Crippen LogP contribution in [-0.4, -0.2) is 54.6 Å². The van der Waals surface area contributed by atoms with Crippen LogP contribution in [0, 0.1) is 0 Å². The number of carbonyl (C=O) groups is 1. The van der Waals surface area contributed by atoms with E-state index in [9.17, 15) is 4.79 Å². The lowest BCUT2D eigenvalue weighted by Gasteiger charge is -2.41. The number of fused-ring (bicyclic) bond motifs is 3. The maximum Gasteiger partial charge on any atom is 0.253 e. The lowest BCUT2D eigenvalue weighted by Crippen LogP contribution is -2.46. The number of amides is 1. The summed E-state index contributed by atoms with van der Waals surface area (Å²) < 4.78 is 2.36. The first-order valence-electron chi connectivity index (χ1n) is 9.11. The molecule has 1 aromatic heterocycles. The molecule has 2 saturated heterocycles. The molecule has 6 rings (SSSR count). The highest BCUT2D eigenvalue weighted by atomic mass is 16.2. The molecule has 0 atom stereocenters. The van der Waals surface area contributed by atoms with Crippen molar-refractivity contribution < 1.29 is 4.79 Å². The second kappa shape index (κ2) is 5.24. The van der Waals surface area contributed by atoms with Gasteiger partial charge in [0.2, 0.25) is 0 Å². The molecule has 0 radical (unpaired) electrons. The van der Waals surface area contributed by atoms with Gasteiger partial charge >= 0.3 is 0 Å². The van der Waals surface area contributed by atoms with Gasteiger partial charge in [-0.05, 0) is 31.0 Å². The van der Waals surface area contributed by atoms with E-state index in [0.29, 0.717) is 5.92 Å². The van der Waals surface area contributed by atoms with E-state index in [4.69, 9.17) is 0 Å². The van der Waals surface area contributed by atoms with Gasteiger partial charge in [0.25, 0.3) is 5.91 Å². The molecule has 1 aromatic carbocycles. The zero-order chi connectivity index (χ0) is 16.3. The third-order valence-electron chi connectivity index (χ3n) is 6.07. The molecule has 0 aliphatic carbocycles. The SMILES string of the molecule is Cn1c2c(c3cc(C(=O)N4CCNCC4)ccc31)N1CCC2CC1. The molecule has 2 bridgehead atoms. The molecule has 5 nitrogen and oxygen atoms in total. The summed E-state index contributed by atoms with van der Waals surface area (Å²) in [6.07, 6.45) is 2.54. The molecular formula is C19H24N4O. The number of hydrogen-bond acceptors (Lipinski definition) is 3. The summed E-state index contributed by atoms with van der Waals surface area (Å²) in [6, 6.07) is 6.29. The number of hydrogen-bond donors (Lipinski definition) is 1. The molecule has 0 spiro atoms. The smallest absolute Gasteiger partial charge is 0.253 e. The van der Waals surface area contributed by atoms with E-state index in [1.54, 1.807) is 0 Å². The molecule has 0 unspecified atom stereocenters. The first-order chi connectivity index (χ1) is 11.7. The van der Waals surface area contributed by atoms with Crippen molar-refractivity contribution in [2.24, 2.45) is 7.05 Å². The van der Waals surface area contributed by atoms with Crippen LogP contribution in [-0.2, 0) is 7.05 Å². The lowest BCUT2D eigenvalue weighted by atomic mass is 9.87. The van der Waals surface area contributed by atoms with Gasteiger partial charge in [0.05, 0.1) is 11.2 Å². The van der Waals surface area contributed by atoms with Gasteiger partial charge in [-0.15, -0.1) is 0 Å². The number of nitrogens with one attached hydrogen (secondary N) is 1.